The molecule has 1 amide bonds. The molecule has 0 aliphatic carbocycles. The summed E-state index contributed by atoms with van der Waals surface area (Å²) in [5.74, 6) is -1.13. The molecule has 0 radical (unpaired) electrons. The number of anilines is 1. The largest absolute Gasteiger partial charge is 0.300 e. The van der Waals surface area contributed by atoms with E-state index in [1.165, 1.54) is 29.2 Å². The van der Waals surface area contributed by atoms with Crippen molar-refractivity contribution in [3.8, 4) is 0 Å². The van der Waals surface area contributed by atoms with Gasteiger partial charge in [-0.05, 0) is 61.4 Å². The lowest BCUT2D eigenvalue weighted by Gasteiger charge is -2.28. The molecule has 2 aromatic carbocycles. The lowest BCUT2D eigenvalue weighted by molar-refractivity contribution is 0.0982. The number of nitrogens with zero attached hydrogens (tertiary/aromatic N) is 1. The number of halogens is 1. The van der Waals surface area contributed by atoms with Crippen molar-refractivity contribution in [3.05, 3.63) is 76.5 Å². The first-order valence-corrected chi connectivity index (χ1v) is 9.55. The molecule has 0 spiro atoms. The van der Waals surface area contributed by atoms with Crippen LogP contribution in [0.1, 0.15) is 21.5 Å². The topological polar surface area (TPSA) is 54.5 Å². The van der Waals surface area contributed by atoms with E-state index < -0.39 is 27.6 Å². The first kappa shape index (κ1) is 17.4. The van der Waals surface area contributed by atoms with Gasteiger partial charge in [0.25, 0.3) is 5.91 Å². The van der Waals surface area contributed by atoms with Crippen LogP contribution in [-0.2, 0) is 9.84 Å². The Labute approximate surface area is 146 Å². The van der Waals surface area contributed by atoms with Gasteiger partial charge in [-0.1, -0.05) is 12.1 Å². The molecular weight excluding hydrogens is 341 g/mol. The highest BCUT2D eigenvalue weighted by molar-refractivity contribution is 7.94. The Bertz CT molecular complexity index is 946. The van der Waals surface area contributed by atoms with Gasteiger partial charge in [-0.2, -0.15) is 0 Å². The lowest BCUT2D eigenvalue weighted by atomic mass is 10.1. The molecule has 1 aliphatic heterocycles. The number of benzene rings is 2. The highest BCUT2D eigenvalue weighted by atomic mass is 32.2. The van der Waals surface area contributed by atoms with Crippen LogP contribution in [0.2, 0.25) is 0 Å². The van der Waals surface area contributed by atoms with Crippen molar-refractivity contribution in [3.63, 3.8) is 0 Å². The van der Waals surface area contributed by atoms with Crippen LogP contribution in [0.5, 0.6) is 0 Å². The predicted molar refractivity (Wildman–Crippen MR) is 95.8 cm³/mol. The van der Waals surface area contributed by atoms with E-state index in [4.69, 9.17) is 0 Å². The fourth-order valence-corrected chi connectivity index (χ4v) is 4.30. The number of rotatable bonds is 3. The van der Waals surface area contributed by atoms with Gasteiger partial charge in [0, 0.05) is 16.7 Å². The number of amides is 1. The van der Waals surface area contributed by atoms with Crippen molar-refractivity contribution >= 4 is 21.4 Å². The summed E-state index contributed by atoms with van der Waals surface area (Å²) < 4.78 is 37.2. The van der Waals surface area contributed by atoms with Crippen molar-refractivity contribution in [2.75, 3.05) is 10.7 Å². The fourth-order valence-electron chi connectivity index (χ4n) is 3.03. The van der Waals surface area contributed by atoms with Crippen molar-refractivity contribution in [2.24, 2.45) is 0 Å². The number of hydrogen-bond donors (Lipinski definition) is 0. The Morgan fingerprint density at radius 2 is 1.80 bits per heavy atom. The third kappa shape index (κ3) is 3.79. The number of aryl methyl sites for hydroxylation is 2. The van der Waals surface area contributed by atoms with Crippen LogP contribution in [0.3, 0.4) is 0 Å². The second-order valence-corrected chi connectivity index (χ2v) is 8.19. The molecule has 0 fully saturated rings. The fraction of sp³-hybridized carbons (Fsp3) is 0.211. The first-order chi connectivity index (χ1) is 11.7. The van der Waals surface area contributed by atoms with Crippen molar-refractivity contribution < 1.29 is 17.6 Å². The molecule has 0 saturated carbocycles. The minimum absolute atomic E-state index is 0.178. The Morgan fingerprint density at radius 1 is 1.12 bits per heavy atom. The molecule has 1 atom stereocenters. The minimum Gasteiger partial charge on any atom is -0.300 e. The maximum absolute atomic E-state index is 13.5. The molecular formula is C19H18FNO3S. The van der Waals surface area contributed by atoms with Gasteiger partial charge in [0.05, 0.1) is 11.8 Å². The average Bonchev–Trinajstić information content (AvgIpc) is 2.86. The standard InChI is InChI=1S/C19H18FNO3S/c1-13-8-14(2)10-18(9-13)21(17-6-7-25(23,24)12-17)19(22)15-4-3-5-16(20)11-15/h3-11,17H,12H2,1-2H3. The van der Waals surface area contributed by atoms with Gasteiger partial charge in [0.15, 0.2) is 9.84 Å². The second kappa shape index (κ2) is 6.44. The highest BCUT2D eigenvalue weighted by Gasteiger charge is 2.32. The summed E-state index contributed by atoms with van der Waals surface area (Å²) in [7, 11) is -3.34. The van der Waals surface area contributed by atoms with Gasteiger partial charge in [0.1, 0.15) is 5.82 Å². The molecule has 0 bridgehead atoms. The third-order valence-corrected chi connectivity index (χ3v) is 5.40. The van der Waals surface area contributed by atoms with Gasteiger partial charge in [-0.3, -0.25) is 4.79 Å². The quantitative estimate of drug-likeness (QED) is 0.844. The molecule has 6 heteroatoms. The first-order valence-electron chi connectivity index (χ1n) is 7.83. The van der Waals surface area contributed by atoms with Gasteiger partial charge < -0.3 is 4.90 Å². The number of carbonyl (C=O) groups is 1. The van der Waals surface area contributed by atoms with Crippen LogP contribution in [0.4, 0.5) is 10.1 Å². The predicted octanol–water partition coefficient (Wildman–Crippen LogP) is 3.40. The van der Waals surface area contributed by atoms with Gasteiger partial charge >= 0.3 is 0 Å². The van der Waals surface area contributed by atoms with Crippen molar-refractivity contribution in [1.29, 1.82) is 0 Å². The Morgan fingerprint density at radius 3 is 2.36 bits per heavy atom. The van der Waals surface area contributed by atoms with Crippen LogP contribution < -0.4 is 4.90 Å². The lowest BCUT2D eigenvalue weighted by Crippen LogP contribution is -2.41. The zero-order valence-electron chi connectivity index (χ0n) is 13.9. The zero-order valence-corrected chi connectivity index (χ0v) is 14.8. The molecule has 0 saturated heterocycles. The molecule has 0 aromatic heterocycles. The Balaban J connectivity index is 2.09. The van der Waals surface area contributed by atoms with E-state index in [9.17, 15) is 17.6 Å². The average molecular weight is 359 g/mol. The zero-order chi connectivity index (χ0) is 18.2. The van der Waals surface area contributed by atoms with Crippen LogP contribution >= 0.6 is 0 Å². The molecule has 25 heavy (non-hydrogen) atoms. The molecule has 1 aliphatic rings. The molecule has 1 unspecified atom stereocenters. The number of sulfone groups is 1. The monoisotopic (exact) mass is 359 g/mol. The van der Waals surface area contributed by atoms with Crippen LogP contribution in [-0.4, -0.2) is 26.1 Å². The number of hydrogen-bond acceptors (Lipinski definition) is 3. The summed E-state index contributed by atoms with van der Waals surface area (Å²) in [6.45, 7) is 3.81. The van der Waals surface area contributed by atoms with Gasteiger partial charge in [-0.25, -0.2) is 12.8 Å². The Hall–Kier alpha value is -2.47. The Kier molecular flexibility index (Phi) is 4.47. The summed E-state index contributed by atoms with van der Waals surface area (Å²) in [5.41, 5.74) is 2.68. The summed E-state index contributed by atoms with van der Waals surface area (Å²) in [6, 6.07) is 10.4. The molecule has 4 nitrogen and oxygen atoms in total. The number of carbonyl (C=O) groups excluding carboxylic acids is 1. The van der Waals surface area contributed by atoms with E-state index in [-0.39, 0.29) is 11.3 Å². The molecule has 0 N–H and O–H groups in total. The van der Waals surface area contributed by atoms with E-state index >= 15 is 0 Å². The second-order valence-electron chi connectivity index (χ2n) is 6.26. The highest BCUT2D eigenvalue weighted by Crippen LogP contribution is 2.27. The van der Waals surface area contributed by atoms with Crippen molar-refractivity contribution in [2.45, 2.75) is 19.9 Å². The van der Waals surface area contributed by atoms with E-state index in [1.54, 1.807) is 0 Å². The molecule has 2 aromatic rings. The van der Waals surface area contributed by atoms with E-state index in [0.717, 1.165) is 22.6 Å². The van der Waals surface area contributed by atoms with Crippen LogP contribution in [0, 0.1) is 19.7 Å². The van der Waals surface area contributed by atoms with Crippen LogP contribution in [0.15, 0.2) is 53.9 Å². The third-order valence-electron chi connectivity index (χ3n) is 4.02. The van der Waals surface area contributed by atoms with E-state index in [0.29, 0.717) is 5.69 Å². The van der Waals surface area contributed by atoms with E-state index in [1.807, 2.05) is 32.0 Å². The summed E-state index contributed by atoms with van der Waals surface area (Å²) >= 11 is 0. The van der Waals surface area contributed by atoms with Gasteiger partial charge in [-0.15, -0.1) is 0 Å². The summed E-state index contributed by atoms with van der Waals surface area (Å²) in [5, 5.41) is 1.13. The maximum Gasteiger partial charge on any atom is 0.258 e. The molecule has 1 heterocycles. The van der Waals surface area contributed by atoms with Gasteiger partial charge in [0.2, 0.25) is 0 Å². The van der Waals surface area contributed by atoms with E-state index in [2.05, 4.69) is 0 Å². The normalized spacial score (nSPS) is 18.3. The summed E-state index contributed by atoms with van der Waals surface area (Å²) in [4.78, 5) is 14.5. The smallest absolute Gasteiger partial charge is 0.258 e. The maximum atomic E-state index is 13.5. The minimum atomic E-state index is -3.34. The SMILES string of the molecule is Cc1cc(C)cc(N(C(=O)c2cccc(F)c2)C2C=CS(=O)(=O)C2)c1. The van der Waals surface area contributed by atoms with Crippen LogP contribution in [0.25, 0.3) is 0 Å². The molecule has 3 rings (SSSR count). The molecule has 130 valence electrons. The summed E-state index contributed by atoms with van der Waals surface area (Å²) in [6.07, 6.45) is 1.50. The van der Waals surface area contributed by atoms with Crippen molar-refractivity contribution in [1.82, 2.24) is 0 Å².